The van der Waals surface area contributed by atoms with Crippen molar-refractivity contribution in [1.29, 1.82) is 0 Å². The van der Waals surface area contributed by atoms with Gasteiger partial charge in [-0.25, -0.2) is 0 Å². The Labute approximate surface area is 284 Å². The minimum absolute atomic E-state index is 0.204. The first-order valence-corrected chi connectivity index (χ1v) is 19.0. The van der Waals surface area contributed by atoms with Gasteiger partial charge in [0.25, 0.3) is 30.4 Å². The van der Waals surface area contributed by atoms with Crippen LogP contribution in [-0.4, -0.2) is 45.5 Å². The van der Waals surface area contributed by atoms with E-state index in [-0.39, 0.29) is 25.9 Å². The van der Waals surface area contributed by atoms with E-state index in [1.165, 1.54) is 42.5 Å². The molecule has 5 aromatic rings. The molecule has 0 aliphatic carbocycles. The Hall–Kier alpha value is -4.83. The Kier molecular flexibility index (Phi) is 10.1. The lowest BCUT2D eigenvalue weighted by Gasteiger charge is -2.24. The van der Waals surface area contributed by atoms with Gasteiger partial charge >= 0.3 is 0 Å². The van der Waals surface area contributed by atoms with E-state index >= 15 is 0 Å². The van der Waals surface area contributed by atoms with Crippen LogP contribution < -0.4 is 21.1 Å². The van der Waals surface area contributed by atoms with E-state index in [1.54, 1.807) is 66.7 Å². The van der Waals surface area contributed by atoms with Crippen LogP contribution in [0.4, 0.5) is 5.69 Å². The second-order valence-corrected chi connectivity index (χ2v) is 15.3. The number of nitrogens with two attached hydrogens (primary N) is 1. The van der Waals surface area contributed by atoms with Crippen molar-refractivity contribution in [3.8, 4) is 0 Å². The molecule has 0 saturated carbocycles. The fraction of sp³-hybridized carbons (Fsp3) is 0.0857. The SMILES string of the molecule is CCN(Cc1cccc(S(=O)(=O)O)c1)c1ccc(C(c2ccccc2S(=O)(=O)O)=c2ccc(=C(N)c3cccc(S(=O)(=O)O)c3)cc2)cc1. The van der Waals surface area contributed by atoms with Gasteiger partial charge in [0.15, 0.2) is 0 Å². The predicted octanol–water partition coefficient (Wildman–Crippen LogP) is 3.82. The first-order chi connectivity index (χ1) is 23.1. The van der Waals surface area contributed by atoms with Crippen molar-refractivity contribution < 1.29 is 38.9 Å². The van der Waals surface area contributed by atoms with Crippen molar-refractivity contribution in [3.63, 3.8) is 0 Å². The summed E-state index contributed by atoms with van der Waals surface area (Å²) < 4.78 is 101. The van der Waals surface area contributed by atoms with Crippen molar-refractivity contribution in [3.05, 3.63) is 154 Å². The number of anilines is 1. The summed E-state index contributed by atoms with van der Waals surface area (Å²) in [4.78, 5) is 1.19. The number of rotatable bonds is 10. The Balaban J connectivity index is 1.62. The summed E-state index contributed by atoms with van der Waals surface area (Å²) in [6.07, 6.45) is 0. The molecule has 0 fully saturated rings. The highest BCUT2D eigenvalue weighted by Gasteiger charge is 2.20. The Morgan fingerprint density at radius 2 is 1.18 bits per heavy atom. The van der Waals surface area contributed by atoms with E-state index in [0.717, 1.165) is 5.69 Å². The molecule has 5 rings (SSSR count). The summed E-state index contributed by atoms with van der Waals surface area (Å²) in [6, 6.07) is 31.7. The lowest BCUT2D eigenvalue weighted by atomic mass is 9.94. The predicted molar refractivity (Wildman–Crippen MR) is 186 cm³/mol. The molecule has 0 aliphatic rings. The van der Waals surface area contributed by atoms with Crippen LogP contribution in [0.3, 0.4) is 0 Å². The normalized spacial score (nSPS) is 12.0. The molecule has 11 nitrogen and oxygen atoms in total. The van der Waals surface area contributed by atoms with E-state index < -0.39 is 30.4 Å². The third-order valence-electron chi connectivity index (χ3n) is 7.83. The number of benzene rings is 5. The first-order valence-electron chi connectivity index (χ1n) is 14.7. The molecule has 49 heavy (non-hydrogen) atoms. The summed E-state index contributed by atoms with van der Waals surface area (Å²) in [5, 5.41) is 1.12. The van der Waals surface area contributed by atoms with Crippen LogP contribution in [0.1, 0.15) is 29.2 Å². The van der Waals surface area contributed by atoms with E-state index in [0.29, 0.717) is 45.8 Å². The molecule has 0 bridgehead atoms. The number of hydrogen-bond donors (Lipinski definition) is 4. The fourth-order valence-corrected chi connectivity index (χ4v) is 7.21. The molecule has 0 unspecified atom stereocenters. The smallest absolute Gasteiger partial charge is 0.295 e. The number of hydrogen-bond acceptors (Lipinski definition) is 8. The fourth-order valence-electron chi connectivity index (χ4n) is 5.43. The topological polar surface area (TPSA) is 192 Å². The molecular weight excluding hydrogens is 689 g/mol. The van der Waals surface area contributed by atoms with Gasteiger partial charge in [-0.05, 0) is 82.1 Å². The standard InChI is InChI=1S/C35H32N2O9S3/c1-2-37(23-24-7-5-9-30(21-24)47(38,39)40)29-19-17-26(18-20-29)34(32-11-3-4-12-33(32)49(44,45)46)25-13-15-27(16-14-25)35(36)28-8-6-10-31(22-28)48(41,42)43/h3-22H,2,23,36H2,1H3,(H,38,39,40)(H,41,42,43)(H,44,45,46). The summed E-state index contributed by atoms with van der Waals surface area (Å²) in [5.41, 5.74) is 9.79. The molecule has 5 N–H and O–H groups in total. The van der Waals surface area contributed by atoms with Crippen molar-refractivity contribution in [1.82, 2.24) is 0 Å². The highest BCUT2D eigenvalue weighted by atomic mass is 32.2. The lowest BCUT2D eigenvalue weighted by molar-refractivity contribution is 0.480. The quantitative estimate of drug-likeness (QED) is 0.153. The summed E-state index contributed by atoms with van der Waals surface area (Å²) in [7, 11) is -13.4. The van der Waals surface area contributed by atoms with Crippen molar-refractivity contribution in [2.75, 3.05) is 11.4 Å². The average Bonchev–Trinajstić information content (AvgIpc) is 3.07. The van der Waals surface area contributed by atoms with E-state index in [2.05, 4.69) is 0 Å². The van der Waals surface area contributed by atoms with Crippen LogP contribution in [-0.2, 0) is 36.9 Å². The van der Waals surface area contributed by atoms with Crippen LogP contribution in [0.25, 0.3) is 11.3 Å². The Morgan fingerprint density at radius 3 is 1.78 bits per heavy atom. The highest BCUT2D eigenvalue weighted by Crippen LogP contribution is 2.29. The van der Waals surface area contributed by atoms with E-state index in [4.69, 9.17) is 5.73 Å². The van der Waals surface area contributed by atoms with Crippen molar-refractivity contribution in [2.24, 2.45) is 5.73 Å². The highest BCUT2D eigenvalue weighted by molar-refractivity contribution is 7.86. The zero-order valence-corrected chi connectivity index (χ0v) is 28.5. The van der Waals surface area contributed by atoms with Crippen LogP contribution in [0.2, 0.25) is 0 Å². The second kappa shape index (κ2) is 14.0. The average molecular weight is 721 g/mol. The van der Waals surface area contributed by atoms with Crippen LogP contribution in [0.5, 0.6) is 0 Å². The monoisotopic (exact) mass is 720 g/mol. The molecule has 5 aromatic carbocycles. The van der Waals surface area contributed by atoms with E-state index in [9.17, 15) is 38.9 Å². The molecule has 14 heteroatoms. The van der Waals surface area contributed by atoms with Gasteiger partial charge in [0.1, 0.15) is 4.90 Å². The second-order valence-electron chi connectivity index (χ2n) is 11.0. The van der Waals surface area contributed by atoms with Gasteiger partial charge in [0.2, 0.25) is 0 Å². The zero-order valence-electron chi connectivity index (χ0n) is 26.0. The molecule has 0 heterocycles. The maximum Gasteiger partial charge on any atom is 0.295 e. The molecule has 254 valence electrons. The van der Waals surface area contributed by atoms with Crippen LogP contribution in [0.15, 0.2) is 136 Å². The summed E-state index contributed by atoms with van der Waals surface area (Å²) in [5.74, 6) is 0. The molecular formula is C35H32N2O9S3. The van der Waals surface area contributed by atoms with Gasteiger partial charge in [0.05, 0.1) is 9.79 Å². The maximum atomic E-state index is 12.5. The van der Waals surface area contributed by atoms with E-state index in [1.807, 2.05) is 24.0 Å². The van der Waals surface area contributed by atoms with Crippen molar-refractivity contribution >= 4 is 47.3 Å². The zero-order chi connectivity index (χ0) is 35.6. The Bertz CT molecular complexity index is 2480. The molecule has 0 aliphatic heterocycles. The third-order valence-corrected chi connectivity index (χ3v) is 10.4. The minimum atomic E-state index is -4.63. The number of nitrogens with zero attached hydrogens (tertiary/aromatic N) is 1. The van der Waals surface area contributed by atoms with Gasteiger partial charge in [0, 0.05) is 30.0 Å². The molecule has 0 saturated heterocycles. The molecule has 0 amide bonds. The largest absolute Gasteiger partial charge is 0.398 e. The maximum absolute atomic E-state index is 12.5. The molecule has 0 atom stereocenters. The van der Waals surface area contributed by atoms with Crippen molar-refractivity contribution in [2.45, 2.75) is 28.2 Å². The molecule has 0 radical (unpaired) electrons. The molecule has 0 spiro atoms. The molecule has 0 aromatic heterocycles. The Morgan fingerprint density at radius 1 is 0.612 bits per heavy atom. The first kappa shape index (κ1) is 35.5. The van der Waals surface area contributed by atoms with Crippen LogP contribution in [0, 0.1) is 0 Å². The summed E-state index contributed by atoms with van der Waals surface area (Å²) in [6.45, 7) is 2.84. The van der Waals surface area contributed by atoms with Gasteiger partial charge in [-0.2, -0.15) is 25.3 Å². The van der Waals surface area contributed by atoms with Gasteiger partial charge < -0.3 is 10.6 Å². The summed E-state index contributed by atoms with van der Waals surface area (Å²) >= 11 is 0. The van der Waals surface area contributed by atoms with Crippen LogP contribution >= 0.6 is 0 Å². The van der Waals surface area contributed by atoms with Gasteiger partial charge in [-0.3, -0.25) is 13.7 Å². The third kappa shape index (κ3) is 8.25. The minimum Gasteiger partial charge on any atom is -0.398 e. The van der Waals surface area contributed by atoms with Gasteiger partial charge in [-0.1, -0.05) is 78.9 Å². The van der Waals surface area contributed by atoms with Gasteiger partial charge in [-0.15, -0.1) is 0 Å². The lowest BCUT2D eigenvalue weighted by Crippen LogP contribution is -2.22.